The summed E-state index contributed by atoms with van der Waals surface area (Å²) in [4.78, 5) is 19.3. The van der Waals surface area contributed by atoms with Crippen molar-refractivity contribution in [3.05, 3.63) is 41.6 Å². The van der Waals surface area contributed by atoms with E-state index in [9.17, 15) is 4.79 Å². The molecule has 27 heavy (non-hydrogen) atoms. The third-order valence-corrected chi connectivity index (χ3v) is 4.64. The lowest BCUT2D eigenvalue weighted by atomic mass is 9.97. The highest BCUT2D eigenvalue weighted by Gasteiger charge is 2.22. The van der Waals surface area contributed by atoms with E-state index in [4.69, 9.17) is 9.15 Å². The summed E-state index contributed by atoms with van der Waals surface area (Å²) in [5.74, 6) is 1.48. The highest BCUT2D eigenvalue weighted by Crippen LogP contribution is 2.27. The van der Waals surface area contributed by atoms with Gasteiger partial charge in [-0.1, -0.05) is 32.9 Å². The fourth-order valence-corrected chi connectivity index (χ4v) is 3.08. The Morgan fingerprint density at radius 3 is 2.59 bits per heavy atom. The van der Waals surface area contributed by atoms with Crippen LogP contribution in [-0.2, 0) is 21.4 Å². The average Bonchev–Trinajstić information content (AvgIpc) is 3.02. The van der Waals surface area contributed by atoms with E-state index < -0.39 is 0 Å². The number of carbonyl (C=O) groups excluding carboxylic acids is 1. The summed E-state index contributed by atoms with van der Waals surface area (Å²) in [7, 11) is 0. The van der Waals surface area contributed by atoms with Crippen molar-refractivity contribution >= 4 is 17.3 Å². The molecule has 1 N–H and O–H groups in total. The predicted molar refractivity (Wildman–Crippen MR) is 106 cm³/mol. The molecule has 1 saturated heterocycles. The number of morpholine rings is 1. The second-order valence-corrected chi connectivity index (χ2v) is 7.94. The van der Waals surface area contributed by atoms with Crippen molar-refractivity contribution in [1.29, 1.82) is 0 Å². The monoisotopic (exact) mass is 371 g/mol. The van der Waals surface area contributed by atoms with Crippen LogP contribution in [0, 0.1) is 6.92 Å². The molecule has 0 atom stereocenters. The first-order chi connectivity index (χ1) is 12.8. The molecule has 1 aliphatic rings. The number of aryl methyl sites for hydroxylation is 2. The molecular formula is C21H29N3O3. The molecule has 6 nitrogen and oxygen atoms in total. The van der Waals surface area contributed by atoms with Gasteiger partial charge in [-0.05, 0) is 19.1 Å². The molecule has 0 saturated carbocycles. The zero-order valence-corrected chi connectivity index (χ0v) is 16.7. The Bertz CT molecular complexity index is 786. The molecule has 0 bridgehead atoms. The molecule has 1 amide bonds. The molecule has 0 aliphatic carbocycles. The molecule has 1 fully saturated rings. The van der Waals surface area contributed by atoms with E-state index in [1.807, 2.05) is 31.2 Å². The summed E-state index contributed by atoms with van der Waals surface area (Å²) in [5.41, 5.74) is 2.61. The molecule has 1 aromatic heterocycles. The molecule has 2 heterocycles. The number of nitrogens with one attached hydrogen (secondary N) is 1. The van der Waals surface area contributed by atoms with Crippen LogP contribution in [0.5, 0.6) is 0 Å². The number of rotatable bonds is 5. The van der Waals surface area contributed by atoms with Crippen molar-refractivity contribution in [1.82, 2.24) is 4.98 Å². The lowest BCUT2D eigenvalue weighted by Crippen LogP contribution is -2.36. The van der Waals surface area contributed by atoms with Gasteiger partial charge in [0.2, 0.25) is 5.91 Å². The van der Waals surface area contributed by atoms with Gasteiger partial charge in [-0.2, -0.15) is 0 Å². The quantitative estimate of drug-likeness (QED) is 0.868. The zero-order chi connectivity index (χ0) is 19.4. The molecule has 1 aromatic carbocycles. The minimum atomic E-state index is -0.137. The van der Waals surface area contributed by atoms with Crippen molar-refractivity contribution in [3.63, 3.8) is 0 Å². The SMILES string of the molecule is Cc1nc(C(C)(C)C)oc1CCC(=O)Nc1ccccc1N1CCOCC1. The van der Waals surface area contributed by atoms with Gasteiger partial charge in [0, 0.05) is 31.3 Å². The van der Waals surface area contributed by atoms with Gasteiger partial charge in [0.05, 0.1) is 30.3 Å². The molecule has 0 unspecified atom stereocenters. The van der Waals surface area contributed by atoms with Crippen molar-refractivity contribution in [2.24, 2.45) is 0 Å². The van der Waals surface area contributed by atoms with E-state index in [2.05, 4.69) is 36.0 Å². The van der Waals surface area contributed by atoms with Gasteiger partial charge in [-0.3, -0.25) is 4.79 Å². The Labute approximate surface area is 160 Å². The molecule has 146 valence electrons. The first kappa shape index (κ1) is 19.4. The number of carbonyl (C=O) groups is 1. The fraction of sp³-hybridized carbons (Fsp3) is 0.524. The van der Waals surface area contributed by atoms with E-state index in [-0.39, 0.29) is 11.3 Å². The molecule has 6 heteroatoms. The van der Waals surface area contributed by atoms with Crippen LogP contribution in [0.1, 0.15) is 44.5 Å². The van der Waals surface area contributed by atoms with Crippen LogP contribution in [0.4, 0.5) is 11.4 Å². The highest BCUT2D eigenvalue weighted by molar-refractivity contribution is 5.94. The molecule has 1 aliphatic heterocycles. The number of para-hydroxylation sites is 2. The summed E-state index contributed by atoms with van der Waals surface area (Å²) in [6.07, 6.45) is 0.900. The van der Waals surface area contributed by atoms with Crippen molar-refractivity contribution in [2.45, 2.75) is 46.0 Å². The molecule has 0 spiro atoms. The number of hydrogen-bond donors (Lipinski definition) is 1. The number of nitrogens with zero attached hydrogens (tertiary/aromatic N) is 2. The summed E-state index contributed by atoms with van der Waals surface area (Å²) in [5, 5.41) is 3.05. The Balaban J connectivity index is 1.63. The number of ether oxygens (including phenoxy) is 1. The van der Waals surface area contributed by atoms with Crippen LogP contribution in [0.3, 0.4) is 0 Å². The Morgan fingerprint density at radius 2 is 1.93 bits per heavy atom. The van der Waals surface area contributed by atoms with Crippen LogP contribution in [0.15, 0.2) is 28.7 Å². The number of hydrogen-bond acceptors (Lipinski definition) is 5. The fourth-order valence-electron chi connectivity index (χ4n) is 3.08. The van der Waals surface area contributed by atoms with Crippen LogP contribution >= 0.6 is 0 Å². The van der Waals surface area contributed by atoms with E-state index in [1.165, 1.54) is 0 Å². The van der Waals surface area contributed by atoms with Crippen LogP contribution in [-0.4, -0.2) is 37.2 Å². The van der Waals surface area contributed by atoms with Crippen molar-refractivity contribution in [2.75, 3.05) is 36.5 Å². The van der Waals surface area contributed by atoms with Crippen LogP contribution < -0.4 is 10.2 Å². The lowest BCUT2D eigenvalue weighted by Gasteiger charge is -2.30. The van der Waals surface area contributed by atoms with Gasteiger partial charge in [0.15, 0.2) is 5.89 Å². The molecule has 0 radical (unpaired) electrons. The minimum absolute atomic E-state index is 0.0242. The normalized spacial score (nSPS) is 15.0. The average molecular weight is 371 g/mol. The van der Waals surface area contributed by atoms with Gasteiger partial charge < -0.3 is 19.4 Å². The maximum Gasteiger partial charge on any atom is 0.224 e. The van der Waals surface area contributed by atoms with E-state index in [0.717, 1.165) is 35.9 Å². The van der Waals surface area contributed by atoms with Crippen LogP contribution in [0.25, 0.3) is 0 Å². The van der Waals surface area contributed by atoms with Gasteiger partial charge in [-0.25, -0.2) is 4.98 Å². The van der Waals surface area contributed by atoms with Crippen molar-refractivity contribution in [3.8, 4) is 0 Å². The second kappa shape index (κ2) is 8.13. The highest BCUT2D eigenvalue weighted by atomic mass is 16.5. The topological polar surface area (TPSA) is 67.6 Å². The number of aromatic nitrogens is 1. The number of amides is 1. The third-order valence-electron chi connectivity index (χ3n) is 4.64. The number of anilines is 2. The smallest absolute Gasteiger partial charge is 0.224 e. The summed E-state index contributed by atoms with van der Waals surface area (Å²) >= 11 is 0. The van der Waals surface area contributed by atoms with E-state index >= 15 is 0 Å². The summed E-state index contributed by atoms with van der Waals surface area (Å²) in [6, 6.07) is 7.92. The largest absolute Gasteiger partial charge is 0.445 e. The Kier molecular flexibility index (Phi) is 5.85. The van der Waals surface area contributed by atoms with Gasteiger partial charge >= 0.3 is 0 Å². The standard InChI is InChI=1S/C21H29N3O3/c1-15-18(27-20(22-15)21(2,3)4)9-10-19(25)23-16-7-5-6-8-17(16)24-11-13-26-14-12-24/h5-8H,9-14H2,1-4H3,(H,23,25). The summed E-state index contributed by atoms with van der Waals surface area (Å²) < 4.78 is 11.3. The minimum Gasteiger partial charge on any atom is -0.445 e. The van der Waals surface area contributed by atoms with Gasteiger partial charge in [0.1, 0.15) is 5.76 Å². The van der Waals surface area contributed by atoms with Gasteiger partial charge in [-0.15, -0.1) is 0 Å². The second-order valence-electron chi connectivity index (χ2n) is 7.94. The molecule has 2 aromatic rings. The Hall–Kier alpha value is -2.34. The van der Waals surface area contributed by atoms with Crippen molar-refractivity contribution < 1.29 is 13.9 Å². The zero-order valence-electron chi connectivity index (χ0n) is 16.7. The maximum absolute atomic E-state index is 12.5. The predicted octanol–water partition coefficient (Wildman–Crippen LogP) is 3.69. The number of benzene rings is 1. The van der Waals surface area contributed by atoms with E-state index in [1.54, 1.807) is 0 Å². The molecular weight excluding hydrogens is 342 g/mol. The third kappa shape index (κ3) is 4.89. The maximum atomic E-state index is 12.5. The molecule has 3 rings (SSSR count). The number of oxazole rings is 1. The first-order valence-electron chi connectivity index (χ1n) is 9.53. The lowest BCUT2D eigenvalue weighted by molar-refractivity contribution is -0.116. The first-order valence-corrected chi connectivity index (χ1v) is 9.53. The summed E-state index contributed by atoms with van der Waals surface area (Å²) in [6.45, 7) is 11.2. The van der Waals surface area contributed by atoms with Crippen LogP contribution in [0.2, 0.25) is 0 Å². The van der Waals surface area contributed by atoms with E-state index in [0.29, 0.717) is 31.9 Å². The Morgan fingerprint density at radius 1 is 1.22 bits per heavy atom. The van der Waals surface area contributed by atoms with Gasteiger partial charge in [0.25, 0.3) is 0 Å².